The van der Waals surface area contributed by atoms with E-state index in [1.54, 1.807) is 11.3 Å². The van der Waals surface area contributed by atoms with Crippen molar-refractivity contribution in [3.63, 3.8) is 0 Å². The van der Waals surface area contributed by atoms with E-state index in [1.165, 1.54) is 31.2 Å². The minimum absolute atomic E-state index is 0.289. The molecule has 1 aliphatic carbocycles. The van der Waals surface area contributed by atoms with Crippen molar-refractivity contribution < 1.29 is 9.53 Å². The Hall–Kier alpha value is -1.19. The Morgan fingerprint density at radius 3 is 2.62 bits per heavy atom. The van der Waals surface area contributed by atoms with Crippen molar-refractivity contribution in [3.05, 3.63) is 43.8 Å². The standard InChI is InChI=1S/C19H21IN2O2S2/c1-24-18(23)16-12-8-4-2-3-5-11-15(12)26-17(16)22-19(25)21-14-10-7-6-9-13(14)20/h6-7,9-10H,2-5,8,11H2,1H3,(H2,21,22,25). The molecule has 4 nitrogen and oxygen atoms in total. The summed E-state index contributed by atoms with van der Waals surface area (Å²) in [5.74, 6) is -0.289. The monoisotopic (exact) mass is 500 g/mol. The van der Waals surface area contributed by atoms with Crippen LogP contribution in [-0.4, -0.2) is 18.2 Å². The zero-order chi connectivity index (χ0) is 18.5. The van der Waals surface area contributed by atoms with Crippen molar-refractivity contribution in [3.8, 4) is 0 Å². The van der Waals surface area contributed by atoms with Gasteiger partial charge in [0.25, 0.3) is 0 Å². The average Bonchev–Trinajstić information content (AvgIpc) is 2.92. The Morgan fingerprint density at radius 1 is 1.15 bits per heavy atom. The van der Waals surface area contributed by atoms with E-state index in [1.807, 2.05) is 24.3 Å². The molecule has 1 aliphatic rings. The Balaban J connectivity index is 1.86. The number of thiophene rings is 1. The van der Waals surface area contributed by atoms with E-state index in [2.05, 4.69) is 33.2 Å². The number of methoxy groups -OCH3 is 1. The fraction of sp³-hybridized carbons (Fsp3) is 0.368. The number of benzene rings is 1. The minimum Gasteiger partial charge on any atom is -0.465 e. The molecule has 0 radical (unpaired) electrons. The van der Waals surface area contributed by atoms with Crippen LogP contribution in [0.3, 0.4) is 0 Å². The first kappa shape index (κ1) is 19.6. The molecule has 26 heavy (non-hydrogen) atoms. The number of ether oxygens (including phenoxy) is 1. The van der Waals surface area contributed by atoms with Crippen LogP contribution in [0.25, 0.3) is 0 Å². The molecule has 0 spiro atoms. The molecule has 1 aromatic carbocycles. The lowest BCUT2D eigenvalue weighted by Crippen LogP contribution is -2.20. The van der Waals surface area contributed by atoms with E-state index in [4.69, 9.17) is 17.0 Å². The van der Waals surface area contributed by atoms with Crippen molar-refractivity contribution >= 4 is 67.9 Å². The summed E-state index contributed by atoms with van der Waals surface area (Å²) in [6.07, 6.45) is 6.68. The number of thiocarbonyl (C=S) groups is 1. The molecule has 7 heteroatoms. The second kappa shape index (κ2) is 9.14. The molecule has 0 atom stereocenters. The third-order valence-corrected chi connectivity index (χ3v) is 6.76. The van der Waals surface area contributed by atoms with Crippen molar-refractivity contribution in [1.29, 1.82) is 0 Å². The number of fused-ring (bicyclic) bond motifs is 1. The first-order chi connectivity index (χ1) is 12.6. The summed E-state index contributed by atoms with van der Waals surface area (Å²) in [5.41, 5.74) is 2.74. The van der Waals surface area contributed by atoms with Crippen LogP contribution in [0.15, 0.2) is 24.3 Å². The number of halogens is 1. The van der Waals surface area contributed by atoms with E-state index >= 15 is 0 Å². The van der Waals surface area contributed by atoms with Gasteiger partial charge in [0.2, 0.25) is 0 Å². The van der Waals surface area contributed by atoms with E-state index in [0.717, 1.165) is 39.1 Å². The molecule has 0 saturated heterocycles. The fourth-order valence-corrected chi connectivity index (χ4v) is 5.23. The normalized spacial score (nSPS) is 13.9. The van der Waals surface area contributed by atoms with Crippen LogP contribution in [0, 0.1) is 3.57 Å². The van der Waals surface area contributed by atoms with Crippen LogP contribution in [-0.2, 0) is 17.6 Å². The van der Waals surface area contributed by atoms with Gasteiger partial charge in [-0.1, -0.05) is 25.0 Å². The molecular weight excluding hydrogens is 479 g/mol. The van der Waals surface area contributed by atoms with Gasteiger partial charge in [0.05, 0.1) is 18.4 Å². The smallest absolute Gasteiger partial charge is 0.341 e. The maximum absolute atomic E-state index is 12.4. The van der Waals surface area contributed by atoms with Gasteiger partial charge in [0, 0.05) is 8.45 Å². The van der Waals surface area contributed by atoms with Crippen molar-refractivity contribution in [2.24, 2.45) is 0 Å². The third kappa shape index (κ3) is 4.55. The van der Waals surface area contributed by atoms with Gasteiger partial charge in [-0.15, -0.1) is 11.3 Å². The molecule has 1 aromatic heterocycles. The average molecular weight is 500 g/mol. The van der Waals surface area contributed by atoms with Gasteiger partial charge in [-0.25, -0.2) is 4.79 Å². The molecule has 1 heterocycles. The SMILES string of the molecule is COC(=O)c1c(NC(=S)Nc2ccccc2I)sc2c1CCCCCC2. The second-order valence-electron chi connectivity index (χ2n) is 6.17. The summed E-state index contributed by atoms with van der Waals surface area (Å²) in [6.45, 7) is 0. The Kier molecular flexibility index (Phi) is 6.88. The number of nitrogens with one attached hydrogen (secondary N) is 2. The molecule has 0 unspecified atom stereocenters. The molecule has 0 amide bonds. The van der Waals surface area contributed by atoms with Crippen LogP contribution >= 0.6 is 46.1 Å². The van der Waals surface area contributed by atoms with Gasteiger partial charge in [-0.3, -0.25) is 0 Å². The predicted octanol–water partition coefficient (Wildman–Crippen LogP) is 5.61. The van der Waals surface area contributed by atoms with Crippen molar-refractivity contribution in [2.75, 3.05) is 17.7 Å². The molecule has 0 fully saturated rings. The fourth-order valence-electron chi connectivity index (χ4n) is 3.14. The quantitative estimate of drug-likeness (QED) is 0.326. The Bertz CT molecular complexity index is 820. The topological polar surface area (TPSA) is 50.4 Å². The number of esters is 1. The first-order valence-electron chi connectivity index (χ1n) is 8.65. The number of hydrogen-bond acceptors (Lipinski definition) is 4. The maximum Gasteiger partial charge on any atom is 0.341 e. The lowest BCUT2D eigenvalue weighted by atomic mass is 9.96. The van der Waals surface area contributed by atoms with Gasteiger partial charge in [-0.05, 0) is 78.2 Å². The van der Waals surface area contributed by atoms with Gasteiger partial charge < -0.3 is 15.4 Å². The highest BCUT2D eigenvalue weighted by molar-refractivity contribution is 14.1. The maximum atomic E-state index is 12.4. The highest BCUT2D eigenvalue weighted by Gasteiger charge is 2.25. The third-order valence-electron chi connectivity index (χ3n) is 4.41. The van der Waals surface area contributed by atoms with Gasteiger partial charge in [-0.2, -0.15) is 0 Å². The molecule has 2 aromatic rings. The van der Waals surface area contributed by atoms with Crippen LogP contribution in [0.5, 0.6) is 0 Å². The highest BCUT2D eigenvalue weighted by atomic mass is 127. The number of rotatable bonds is 3. The molecule has 0 bridgehead atoms. The summed E-state index contributed by atoms with van der Waals surface area (Å²) in [7, 11) is 1.43. The zero-order valence-electron chi connectivity index (χ0n) is 14.6. The van der Waals surface area contributed by atoms with Gasteiger partial charge in [0.1, 0.15) is 5.00 Å². The van der Waals surface area contributed by atoms with E-state index in [-0.39, 0.29) is 5.97 Å². The number of anilines is 2. The summed E-state index contributed by atoms with van der Waals surface area (Å²) in [5, 5.41) is 7.71. The molecule has 3 rings (SSSR count). The number of hydrogen-bond donors (Lipinski definition) is 2. The molecular formula is C19H21IN2O2S2. The van der Waals surface area contributed by atoms with Crippen LogP contribution in [0.1, 0.15) is 46.5 Å². The molecule has 0 aliphatic heterocycles. The van der Waals surface area contributed by atoms with Crippen molar-refractivity contribution in [1.82, 2.24) is 0 Å². The van der Waals surface area contributed by atoms with E-state index < -0.39 is 0 Å². The molecule has 138 valence electrons. The lowest BCUT2D eigenvalue weighted by molar-refractivity contribution is 0.0601. The molecule has 2 N–H and O–H groups in total. The summed E-state index contributed by atoms with van der Waals surface area (Å²) in [4.78, 5) is 13.7. The largest absolute Gasteiger partial charge is 0.465 e. The number of carbonyl (C=O) groups is 1. The minimum atomic E-state index is -0.289. The lowest BCUT2D eigenvalue weighted by Gasteiger charge is -2.12. The summed E-state index contributed by atoms with van der Waals surface area (Å²) in [6, 6.07) is 7.94. The number of aryl methyl sites for hydroxylation is 1. The Morgan fingerprint density at radius 2 is 1.88 bits per heavy atom. The van der Waals surface area contributed by atoms with E-state index in [0.29, 0.717) is 10.7 Å². The van der Waals surface area contributed by atoms with Gasteiger partial charge >= 0.3 is 5.97 Å². The van der Waals surface area contributed by atoms with Gasteiger partial charge in [0.15, 0.2) is 5.11 Å². The van der Waals surface area contributed by atoms with Crippen LogP contribution in [0.2, 0.25) is 0 Å². The predicted molar refractivity (Wildman–Crippen MR) is 121 cm³/mol. The van der Waals surface area contributed by atoms with Crippen molar-refractivity contribution in [2.45, 2.75) is 38.5 Å². The van der Waals surface area contributed by atoms with Crippen LogP contribution < -0.4 is 10.6 Å². The van der Waals surface area contributed by atoms with Crippen LogP contribution in [0.4, 0.5) is 10.7 Å². The second-order valence-corrected chi connectivity index (χ2v) is 8.85. The summed E-state index contributed by atoms with van der Waals surface area (Å²) >= 11 is 9.38. The first-order valence-corrected chi connectivity index (χ1v) is 11.0. The number of para-hydroxylation sites is 1. The molecule has 0 saturated carbocycles. The Labute approximate surface area is 176 Å². The van der Waals surface area contributed by atoms with E-state index in [9.17, 15) is 4.79 Å². The highest BCUT2D eigenvalue weighted by Crippen LogP contribution is 2.37. The number of carbonyl (C=O) groups excluding carboxylic acids is 1. The zero-order valence-corrected chi connectivity index (χ0v) is 18.4. The summed E-state index contributed by atoms with van der Waals surface area (Å²) < 4.78 is 6.14.